The molecule has 0 bridgehead atoms. The van der Waals surface area contributed by atoms with Crippen molar-refractivity contribution in [1.29, 1.82) is 0 Å². The molecule has 0 aromatic rings. The molecule has 0 unspecified atom stereocenters. The second-order valence-electron chi connectivity index (χ2n) is 19.0. The van der Waals surface area contributed by atoms with Gasteiger partial charge in [0.2, 0.25) is 0 Å². The Morgan fingerprint density at radius 3 is 0.817 bits per heavy atom. The molecule has 6 nitrogen and oxygen atoms in total. The number of unbranched alkanes of at least 4 members (excludes halogenated alkanes) is 36. The van der Waals surface area contributed by atoms with Crippen molar-refractivity contribution in [3.05, 3.63) is 0 Å². The lowest BCUT2D eigenvalue weighted by Crippen LogP contribution is -2.30. The zero-order valence-electron chi connectivity index (χ0n) is 40.9. The largest absolute Gasteiger partial charge is 0.462 e. The van der Waals surface area contributed by atoms with E-state index < -0.39 is 6.10 Å². The number of rotatable bonds is 49. The molecule has 0 rings (SSSR count). The lowest BCUT2D eigenvalue weighted by Gasteiger charge is -2.18. The van der Waals surface area contributed by atoms with Crippen LogP contribution < -0.4 is 0 Å². The van der Waals surface area contributed by atoms with Gasteiger partial charge in [0.1, 0.15) is 13.2 Å². The van der Waals surface area contributed by atoms with Crippen molar-refractivity contribution in [3.63, 3.8) is 0 Å². The number of esters is 3. The van der Waals surface area contributed by atoms with E-state index in [9.17, 15) is 14.4 Å². The molecule has 0 heterocycles. The zero-order chi connectivity index (χ0) is 43.8. The molecule has 0 saturated carbocycles. The van der Waals surface area contributed by atoms with Gasteiger partial charge in [0.05, 0.1) is 0 Å². The average Bonchev–Trinajstić information content (AvgIpc) is 3.23. The van der Waals surface area contributed by atoms with Gasteiger partial charge in [-0.3, -0.25) is 14.4 Å². The summed E-state index contributed by atoms with van der Waals surface area (Å²) < 4.78 is 16.8. The minimum absolute atomic E-state index is 0.0624. The Kier molecular flexibility index (Phi) is 47.2. The molecule has 0 fully saturated rings. The first-order valence-electron chi connectivity index (χ1n) is 26.9. The Morgan fingerprint density at radius 2 is 0.550 bits per heavy atom. The van der Waals surface area contributed by atoms with E-state index in [1.165, 1.54) is 199 Å². The fraction of sp³-hybridized carbons (Fsp3) is 0.944. The summed E-state index contributed by atoms with van der Waals surface area (Å²) >= 11 is 0. The molecule has 356 valence electrons. The van der Waals surface area contributed by atoms with Gasteiger partial charge in [-0.05, 0) is 25.2 Å². The summed E-state index contributed by atoms with van der Waals surface area (Å²) in [5.74, 6) is 0.00664. The lowest BCUT2D eigenvalue weighted by molar-refractivity contribution is -0.167. The molecule has 0 aliphatic rings. The fourth-order valence-corrected chi connectivity index (χ4v) is 8.22. The molecule has 1 atom stereocenters. The molecule has 0 aromatic carbocycles. The molecule has 0 radical (unpaired) electrons. The van der Waals surface area contributed by atoms with Crippen LogP contribution in [0.4, 0.5) is 0 Å². The summed E-state index contributed by atoms with van der Waals surface area (Å²) in [5.41, 5.74) is 0. The molecular weight excluding hydrogens is 745 g/mol. The van der Waals surface area contributed by atoms with Crippen LogP contribution in [0, 0.1) is 5.92 Å². The molecule has 0 aliphatic carbocycles. The lowest BCUT2D eigenvalue weighted by atomic mass is 10.0. The van der Waals surface area contributed by atoms with E-state index in [2.05, 4.69) is 27.7 Å². The van der Waals surface area contributed by atoms with Crippen molar-refractivity contribution in [2.45, 2.75) is 310 Å². The Labute approximate surface area is 374 Å². The SMILES string of the molecule is CCCCCCCCCCCCCCCCC(=O)OC[C@H](COC(=O)CCCCCCCCCCCCCCCCCC(C)C)OC(=O)CCCCCCCCCCCC. The molecule has 0 spiro atoms. The summed E-state index contributed by atoms with van der Waals surface area (Å²) in [4.78, 5) is 37.9. The number of carbonyl (C=O) groups excluding carboxylic acids is 3. The highest BCUT2D eigenvalue weighted by molar-refractivity contribution is 5.71. The molecule has 0 N–H and O–H groups in total. The fourth-order valence-electron chi connectivity index (χ4n) is 8.22. The van der Waals surface area contributed by atoms with Crippen LogP contribution in [0.25, 0.3) is 0 Å². The third kappa shape index (κ3) is 47.5. The van der Waals surface area contributed by atoms with Gasteiger partial charge in [-0.1, -0.05) is 265 Å². The topological polar surface area (TPSA) is 78.9 Å². The van der Waals surface area contributed by atoms with Gasteiger partial charge in [-0.25, -0.2) is 0 Å². The monoisotopic (exact) mass is 849 g/mol. The Hall–Kier alpha value is -1.59. The van der Waals surface area contributed by atoms with Crippen molar-refractivity contribution in [2.75, 3.05) is 13.2 Å². The van der Waals surface area contributed by atoms with Crippen LogP contribution in [-0.2, 0) is 28.6 Å². The van der Waals surface area contributed by atoms with Gasteiger partial charge in [0, 0.05) is 19.3 Å². The minimum atomic E-state index is -0.760. The highest BCUT2D eigenvalue weighted by Crippen LogP contribution is 2.17. The number of carbonyl (C=O) groups is 3. The van der Waals surface area contributed by atoms with Gasteiger partial charge in [0.15, 0.2) is 6.10 Å². The quantitative estimate of drug-likeness (QED) is 0.0345. The van der Waals surface area contributed by atoms with E-state index in [0.29, 0.717) is 19.3 Å². The third-order valence-electron chi connectivity index (χ3n) is 12.3. The molecule has 0 aromatic heterocycles. The maximum absolute atomic E-state index is 12.7. The van der Waals surface area contributed by atoms with Gasteiger partial charge >= 0.3 is 17.9 Å². The van der Waals surface area contributed by atoms with E-state index in [1.54, 1.807) is 0 Å². The van der Waals surface area contributed by atoms with Crippen LogP contribution in [-0.4, -0.2) is 37.2 Å². The summed E-state index contributed by atoms with van der Waals surface area (Å²) in [6.45, 7) is 9.04. The summed E-state index contributed by atoms with van der Waals surface area (Å²) in [6.07, 6.45) is 50.9. The molecule has 0 saturated heterocycles. The van der Waals surface area contributed by atoms with Crippen LogP contribution in [0.2, 0.25) is 0 Å². The summed E-state index contributed by atoms with van der Waals surface area (Å²) in [5, 5.41) is 0. The first-order chi connectivity index (χ1) is 29.4. The van der Waals surface area contributed by atoms with Crippen LogP contribution in [0.5, 0.6) is 0 Å². The predicted octanol–water partition coefficient (Wildman–Crippen LogP) is 17.5. The minimum Gasteiger partial charge on any atom is -0.462 e. The molecule has 60 heavy (non-hydrogen) atoms. The summed E-state index contributed by atoms with van der Waals surface area (Å²) in [6, 6.07) is 0. The van der Waals surface area contributed by atoms with Crippen molar-refractivity contribution < 1.29 is 28.6 Å². The van der Waals surface area contributed by atoms with Crippen molar-refractivity contribution in [2.24, 2.45) is 5.92 Å². The van der Waals surface area contributed by atoms with Crippen LogP contribution in [0.15, 0.2) is 0 Å². The van der Waals surface area contributed by atoms with Gasteiger partial charge in [0.25, 0.3) is 0 Å². The van der Waals surface area contributed by atoms with Gasteiger partial charge < -0.3 is 14.2 Å². The smallest absolute Gasteiger partial charge is 0.306 e. The number of hydrogen-bond acceptors (Lipinski definition) is 6. The highest BCUT2D eigenvalue weighted by Gasteiger charge is 2.19. The van der Waals surface area contributed by atoms with E-state index in [-0.39, 0.29) is 31.1 Å². The summed E-state index contributed by atoms with van der Waals surface area (Å²) in [7, 11) is 0. The van der Waals surface area contributed by atoms with Crippen LogP contribution in [0.1, 0.15) is 304 Å². The molecular formula is C54H104O6. The van der Waals surface area contributed by atoms with E-state index >= 15 is 0 Å². The number of hydrogen-bond donors (Lipinski definition) is 0. The van der Waals surface area contributed by atoms with Crippen molar-refractivity contribution >= 4 is 17.9 Å². The molecule has 0 amide bonds. The standard InChI is InChI=1S/C54H104O6/c1-5-7-9-11-13-15-17-18-23-26-30-33-37-41-45-52(55)58-48-51(60-54(57)47-43-39-35-29-16-14-12-10-8-6-2)49-59-53(56)46-42-38-34-31-27-24-21-19-20-22-25-28-32-36-40-44-50(3)4/h50-51H,5-49H2,1-4H3/t51-/m1/s1. The first-order valence-corrected chi connectivity index (χ1v) is 26.9. The van der Waals surface area contributed by atoms with Crippen molar-refractivity contribution in [3.8, 4) is 0 Å². The second kappa shape index (κ2) is 48.4. The highest BCUT2D eigenvalue weighted by atomic mass is 16.6. The molecule has 6 heteroatoms. The zero-order valence-corrected chi connectivity index (χ0v) is 40.9. The van der Waals surface area contributed by atoms with Crippen LogP contribution >= 0.6 is 0 Å². The maximum Gasteiger partial charge on any atom is 0.306 e. The van der Waals surface area contributed by atoms with Crippen molar-refractivity contribution in [1.82, 2.24) is 0 Å². The second-order valence-corrected chi connectivity index (χ2v) is 19.0. The van der Waals surface area contributed by atoms with Gasteiger partial charge in [-0.15, -0.1) is 0 Å². The van der Waals surface area contributed by atoms with Gasteiger partial charge in [-0.2, -0.15) is 0 Å². The Morgan fingerprint density at radius 1 is 0.317 bits per heavy atom. The van der Waals surface area contributed by atoms with E-state index in [4.69, 9.17) is 14.2 Å². The predicted molar refractivity (Wildman–Crippen MR) is 257 cm³/mol. The molecule has 0 aliphatic heterocycles. The average molecular weight is 849 g/mol. The third-order valence-corrected chi connectivity index (χ3v) is 12.3. The number of ether oxygens (including phenoxy) is 3. The van der Waals surface area contributed by atoms with E-state index in [1.807, 2.05) is 0 Å². The van der Waals surface area contributed by atoms with E-state index in [0.717, 1.165) is 63.7 Å². The Balaban J connectivity index is 4.23. The Bertz CT molecular complexity index is 903. The first kappa shape index (κ1) is 58.4. The maximum atomic E-state index is 12.7. The van der Waals surface area contributed by atoms with Crippen LogP contribution in [0.3, 0.4) is 0 Å². The normalized spacial score (nSPS) is 11.9.